The quantitative estimate of drug-likeness (QED) is 0.662. The molecule has 8 nitrogen and oxygen atoms in total. The van der Waals surface area contributed by atoms with Crippen LogP contribution in [0.1, 0.15) is 12.7 Å². The van der Waals surface area contributed by atoms with Crippen molar-refractivity contribution in [3.63, 3.8) is 0 Å². The maximum Gasteiger partial charge on any atom is 0.340 e. The van der Waals surface area contributed by atoms with Gasteiger partial charge in [0.1, 0.15) is 5.82 Å². The van der Waals surface area contributed by atoms with Gasteiger partial charge in [0.25, 0.3) is 0 Å². The Kier molecular flexibility index (Phi) is 3.90. The number of aromatic nitrogens is 5. The lowest BCUT2D eigenvalue weighted by atomic mass is 10.4. The molecule has 0 radical (unpaired) electrons. The third-order valence-electron chi connectivity index (χ3n) is 2.12. The summed E-state index contributed by atoms with van der Waals surface area (Å²) in [6, 6.07) is 1.69. The molecule has 0 aliphatic rings. The first kappa shape index (κ1) is 12.1. The van der Waals surface area contributed by atoms with Crippen LogP contribution in [0.25, 0.3) is 0 Å². The lowest BCUT2D eigenvalue weighted by molar-refractivity contribution is 0.326. The van der Waals surface area contributed by atoms with Crippen molar-refractivity contribution < 1.29 is 4.74 Å². The molecular weight excluding hydrogens is 236 g/mol. The summed E-state index contributed by atoms with van der Waals surface area (Å²) in [4.78, 5) is 21.6. The first-order valence-corrected chi connectivity index (χ1v) is 5.61. The predicted octanol–water partition coefficient (Wildman–Crippen LogP) is -0.0587. The van der Waals surface area contributed by atoms with Crippen LogP contribution in [0.15, 0.2) is 17.1 Å². The topological polar surface area (TPSA) is 109 Å². The molecule has 0 atom stereocenters. The standard InChI is InChI=1S/C10H14N6O2/c1-2-18-8-4-6-12-9(14-8)11-5-3-7-13-10(17)16-15-7/h4,6H,2-3,5H2,1H3,(H,11,12,14)(H2,13,15,16,17). The summed E-state index contributed by atoms with van der Waals surface area (Å²) in [6.07, 6.45) is 2.19. The zero-order chi connectivity index (χ0) is 12.8. The maximum absolute atomic E-state index is 10.8. The van der Waals surface area contributed by atoms with E-state index in [-0.39, 0.29) is 5.69 Å². The molecule has 8 heteroatoms. The van der Waals surface area contributed by atoms with E-state index in [0.717, 1.165) is 0 Å². The van der Waals surface area contributed by atoms with E-state index in [9.17, 15) is 4.79 Å². The van der Waals surface area contributed by atoms with Gasteiger partial charge >= 0.3 is 5.69 Å². The van der Waals surface area contributed by atoms with E-state index >= 15 is 0 Å². The van der Waals surface area contributed by atoms with Gasteiger partial charge in [-0.3, -0.25) is 4.98 Å². The Morgan fingerprint density at radius 3 is 3.11 bits per heavy atom. The van der Waals surface area contributed by atoms with Crippen molar-refractivity contribution in [1.29, 1.82) is 0 Å². The van der Waals surface area contributed by atoms with E-state index < -0.39 is 0 Å². The van der Waals surface area contributed by atoms with Crippen LogP contribution in [0.2, 0.25) is 0 Å². The van der Waals surface area contributed by atoms with Gasteiger partial charge in [0, 0.05) is 25.2 Å². The van der Waals surface area contributed by atoms with E-state index in [2.05, 4.69) is 30.5 Å². The highest BCUT2D eigenvalue weighted by Crippen LogP contribution is 2.07. The van der Waals surface area contributed by atoms with E-state index in [1.165, 1.54) is 0 Å². The maximum atomic E-state index is 10.8. The number of rotatable bonds is 6. The molecule has 0 spiro atoms. The minimum absolute atomic E-state index is 0.306. The Hall–Kier alpha value is -2.38. The van der Waals surface area contributed by atoms with Crippen molar-refractivity contribution in [2.45, 2.75) is 13.3 Å². The first-order chi connectivity index (χ1) is 8.78. The second kappa shape index (κ2) is 5.80. The fraction of sp³-hybridized carbons (Fsp3) is 0.400. The largest absolute Gasteiger partial charge is 0.478 e. The number of hydrogen-bond donors (Lipinski definition) is 3. The zero-order valence-corrected chi connectivity index (χ0v) is 9.93. The smallest absolute Gasteiger partial charge is 0.340 e. The summed E-state index contributed by atoms with van der Waals surface area (Å²) in [6.45, 7) is 3.02. The number of anilines is 1. The first-order valence-electron chi connectivity index (χ1n) is 5.61. The van der Waals surface area contributed by atoms with Crippen LogP contribution >= 0.6 is 0 Å². The minimum Gasteiger partial charge on any atom is -0.478 e. The summed E-state index contributed by atoms with van der Waals surface area (Å²) in [5.41, 5.74) is -0.306. The molecule has 18 heavy (non-hydrogen) atoms. The number of ether oxygens (including phenoxy) is 1. The number of hydrogen-bond acceptors (Lipinski definition) is 6. The van der Waals surface area contributed by atoms with Gasteiger partial charge in [-0.15, -0.1) is 0 Å². The molecule has 3 N–H and O–H groups in total. The molecule has 0 aromatic carbocycles. The Morgan fingerprint density at radius 1 is 1.50 bits per heavy atom. The van der Waals surface area contributed by atoms with E-state index in [4.69, 9.17) is 4.74 Å². The van der Waals surface area contributed by atoms with Crippen molar-refractivity contribution >= 4 is 5.95 Å². The van der Waals surface area contributed by atoms with Crippen LogP contribution in [0.4, 0.5) is 5.95 Å². The summed E-state index contributed by atoms with van der Waals surface area (Å²) < 4.78 is 5.26. The SMILES string of the molecule is CCOc1ccnc(NCCc2n[nH]c(=O)[nH]2)n1. The van der Waals surface area contributed by atoms with E-state index in [1.807, 2.05) is 6.92 Å². The summed E-state index contributed by atoms with van der Waals surface area (Å²) in [5, 5.41) is 9.12. The number of H-pyrrole nitrogens is 2. The van der Waals surface area contributed by atoms with Gasteiger partial charge < -0.3 is 10.1 Å². The van der Waals surface area contributed by atoms with Crippen LogP contribution in [-0.2, 0) is 6.42 Å². The number of nitrogens with one attached hydrogen (secondary N) is 3. The Bertz CT molecular complexity index is 549. The van der Waals surface area contributed by atoms with Gasteiger partial charge in [-0.2, -0.15) is 10.1 Å². The Morgan fingerprint density at radius 2 is 2.39 bits per heavy atom. The molecule has 2 aromatic rings. The van der Waals surface area contributed by atoms with Gasteiger partial charge in [0.2, 0.25) is 11.8 Å². The Labute approximate surface area is 103 Å². The van der Waals surface area contributed by atoms with Crippen molar-refractivity contribution in [1.82, 2.24) is 25.1 Å². The molecule has 0 saturated heterocycles. The fourth-order valence-corrected chi connectivity index (χ4v) is 1.37. The average molecular weight is 250 g/mol. The lowest BCUT2D eigenvalue weighted by Gasteiger charge is -2.05. The second-order valence-electron chi connectivity index (χ2n) is 3.45. The molecule has 2 heterocycles. The van der Waals surface area contributed by atoms with E-state index in [1.54, 1.807) is 12.3 Å². The monoisotopic (exact) mass is 250 g/mol. The molecule has 0 bridgehead atoms. The molecule has 0 amide bonds. The van der Waals surface area contributed by atoms with Crippen LogP contribution in [0, 0.1) is 0 Å². The van der Waals surface area contributed by atoms with Crippen LogP contribution in [0.3, 0.4) is 0 Å². The lowest BCUT2D eigenvalue weighted by Crippen LogP contribution is -2.10. The molecule has 96 valence electrons. The third kappa shape index (κ3) is 3.30. The number of nitrogens with zero attached hydrogens (tertiary/aromatic N) is 3. The van der Waals surface area contributed by atoms with Gasteiger partial charge in [0.15, 0.2) is 0 Å². The summed E-state index contributed by atoms with van der Waals surface area (Å²) >= 11 is 0. The van der Waals surface area contributed by atoms with Gasteiger partial charge in [-0.05, 0) is 6.92 Å². The number of aromatic amines is 2. The minimum atomic E-state index is -0.306. The van der Waals surface area contributed by atoms with Gasteiger partial charge in [-0.1, -0.05) is 0 Å². The molecule has 0 aliphatic carbocycles. The third-order valence-corrected chi connectivity index (χ3v) is 2.12. The molecule has 2 aromatic heterocycles. The van der Waals surface area contributed by atoms with Crippen LogP contribution in [-0.4, -0.2) is 38.3 Å². The Balaban J connectivity index is 1.86. The summed E-state index contributed by atoms with van der Waals surface area (Å²) in [5.74, 6) is 1.61. The molecule has 0 unspecified atom stereocenters. The molecule has 2 rings (SSSR count). The highest BCUT2D eigenvalue weighted by Gasteiger charge is 2.01. The molecule has 0 fully saturated rings. The van der Waals surface area contributed by atoms with Crippen molar-refractivity contribution in [3.8, 4) is 5.88 Å². The second-order valence-corrected chi connectivity index (χ2v) is 3.45. The zero-order valence-electron chi connectivity index (χ0n) is 9.93. The summed E-state index contributed by atoms with van der Waals surface area (Å²) in [7, 11) is 0. The highest BCUT2D eigenvalue weighted by atomic mass is 16.5. The van der Waals surface area contributed by atoms with Crippen molar-refractivity contribution in [3.05, 3.63) is 28.6 Å². The predicted molar refractivity (Wildman–Crippen MR) is 64.6 cm³/mol. The van der Waals surface area contributed by atoms with Crippen LogP contribution in [0.5, 0.6) is 5.88 Å². The van der Waals surface area contributed by atoms with Crippen molar-refractivity contribution in [2.24, 2.45) is 0 Å². The van der Waals surface area contributed by atoms with Crippen molar-refractivity contribution in [2.75, 3.05) is 18.5 Å². The normalized spacial score (nSPS) is 10.3. The highest BCUT2D eigenvalue weighted by molar-refractivity contribution is 5.27. The molecule has 0 aliphatic heterocycles. The molecule has 0 saturated carbocycles. The van der Waals surface area contributed by atoms with Crippen LogP contribution < -0.4 is 15.7 Å². The van der Waals surface area contributed by atoms with Gasteiger partial charge in [-0.25, -0.2) is 14.9 Å². The molecular formula is C10H14N6O2. The van der Waals surface area contributed by atoms with Gasteiger partial charge in [0.05, 0.1) is 6.61 Å². The fourth-order valence-electron chi connectivity index (χ4n) is 1.37. The average Bonchev–Trinajstić information content (AvgIpc) is 2.76. The van der Waals surface area contributed by atoms with E-state index in [0.29, 0.717) is 37.2 Å².